The molecule has 122 valence electrons. The number of alkyl halides is 3. The zero-order valence-corrected chi connectivity index (χ0v) is 15.5. The summed E-state index contributed by atoms with van der Waals surface area (Å²) in [6.45, 7) is 0. The lowest BCUT2D eigenvalue weighted by atomic mass is 10.3. The molecular weight excluding hydrogens is 415 g/mol. The predicted octanol–water partition coefficient (Wildman–Crippen LogP) is 4.33. The summed E-state index contributed by atoms with van der Waals surface area (Å²) >= 11 is 34.1. The van der Waals surface area contributed by atoms with Crippen LogP contribution in [0.5, 0.6) is 0 Å². The minimum absolute atomic E-state index is 0.0890. The van der Waals surface area contributed by atoms with Gasteiger partial charge in [-0.05, 0) is 30.4 Å². The van der Waals surface area contributed by atoms with Crippen molar-refractivity contribution >= 4 is 87.1 Å². The Morgan fingerprint density at radius 1 is 1.23 bits per heavy atom. The number of carbonyl (C=O) groups excluding carboxylic acids is 1. The molecule has 22 heavy (non-hydrogen) atoms. The zero-order valence-electron chi connectivity index (χ0n) is 10.9. The molecule has 0 aromatic heterocycles. The van der Waals surface area contributed by atoms with E-state index in [4.69, 9.17) is 70.2 Å². The molecule has 0 saturated carbocycles. The van der Waals surface area contributed by atoms with Crippen molar-refractivity contribution in [1.82, 2.24) is 10.6 Å². The van der Waals surface area contributed by atoms with Crippen LogP contribution in [0.3, 0.4) is 0 Å². The van der Waals surface area contributed by atoms with E-state index in [9.17, 15) is 4.79 Å². The molecule has 1 atom stereocenters. The van der Waals surface area contributed by atoms with Gasteiger partial charge in [0, 0.05) is 5.69 Å². The number of halogens is 5. The number of rotatable bonds is 3. The topological polar surface area (TPSA) is 62.4 Å². The summed E-state index contributed by atoms with van der Waals surface area (Å²) < 4.78 is 2.58. The maximum absolute atomic E-state index is 11.2. The van der Waals surface area contributed by atoms with Gasteiger partial charge in [-0.15, -0.1) is 0 Å². The molecule has 1 amide bonds. The summed E-state index contributed by atoms with van der Waals surface area (Å²) in [6.07, 6.45) is -1.91. The number of anilines is 1. The maximum atomic E-state index is 11.2. The number of benzene rings is 1. The van der Waals surface area contributed by atoms with Crippen molar-refractivity contribution in [1.29, 1.82) is 0 Å². The van der Waals surface area contributed by atoms with Gasteiger partial charge in [0.1, 0.15) is 0 Å². The van der Waals surface area contributed by atoms with Gasteiger partial charge in [0.2, 0.25) is 3.79 Å². The third-order valence-corrected chi connectivity index (χ3v) is 3.84. The molecule has 1 aromatic rings. The molecule has 3 N–H and O–H groups in total. The van der Waals surface area contributed by atoms with Crippen LogP contribution in [-0.4, -0.2) is 28.3 Å². The Hall–Kier alpha value is -0.370. The molecule has 0 heterocycles. The molecule has 0 unspecified atom stereocenters. The van der Waals surface area contributed by atoms with Crippen molar-refractivity contribution in [2.75, 3.05) is 12.4 Å². The first-order valence-corrected chi connectivity index (χ1v) is 7.87. The summed E-state index contributed by atoms with van der Waals surface area (Å²) in [6, 6.07) is 4.81. The lowest BCUT2D eigenvalue weighted by Gasteiger charge is -2.27. The molecule has 1 rings (SSSR count). The standard InChI is InChI=1S/C11H10Cl5N3O2S/c1-21-10(20)19-8(11(14,15)16)18-9(22)17-5-2-3-6(12)7(13)4-5/h2-4,8H,1H3,(H,19,20)(H2,17,18,22)/t8-/m1/s1. The minimum atomic E-state index is -1.86. The van der Waals surface area contributed by atoms with Crippen LogP contribution < -0.4 is 16.0 Å². The van der Waals surface area contributed by atoms with Crippen LogP contribution in [0.1, 0.15) is 0 Å². The van der Waals surface area contributed by atoms with Gasteiger partial charge >= 0.3 is 6.09 Å². The van der Waals surface area contributed by atoms with Gasteiger partial charge < -0.3 is 15.4 Å². The number of hydrogen-bond donors (Lipinski definition) is 3. The second kappa shape index (κ2) is 8.47. The number of ether oxygens (including phenoxy) is 1. The monoisotopic (exact) mass is 423 g/mol. The molecule has 11 heteroatoms. The molecular formula is C11H10Cl5N3O2S. The van der Waals surface area contributed by atoms with E-state index in [0.29, 0.717) is 15.7 Å². The van der Waals surface area contributed by atoms with Crippen molar-refractivity contribution in [3.63, 3.8) is 0 Å². The third kappa shape index (κ3) is 6.40. The SMILES string of the molecule is COC(=O)N[C@@H](NC(=S)Nc1ccc(Cl)c(Cl)c1)C(Cl)(Cl)Cl. The van der Waals surface area contributed by atoms with E-state index in [1.54, 1.807) is 18.2 Å². The number of hydrogen-bond acceptors (Lipinski definition) is 3. The van der Waals surface area contributed by atoms with Crippen molar-refractivity contribution in [3.8, 4) is 0 Å². The molecule has 1 aromatic carbocycles. The Bertz CT molecular complexity index is 567. The highest BCUT2D eigenvalue weighted by atomic mass is 35.6. The van der Waals surface area contributed by atoms with Crippen LogP contribution in [0.25, 0.3) is 0 Å². The van der Waals surface area contributed by atoms with E-state index in [0.717, 1.165) is 0 Å². The summed E-state index contributed by atoms with van der Waals surface area (Å²) in [7, 11) is 1.18. The highest BCUT2D eigenvalue weighted by Crippen LogP contribution is 2.29. The molecule has 0 aliphatic rings. The Kier molecular flexibility index (Phi) is 7.58. The Balaban J connectivity index is 2.74. The fraction of sp³-hybridized carbons (Fsp3) is 0.273. The van der Waals surface area contributed by atoms with E-state index >= 15 is 0 Å². The Labute approximate surface area is 157 Å². The van der Waals surface area contributed by atoms with Gasteiger partial charge in [0.15, 0.2) is 11.3 Å². The molecule has 0 fully saturated rings. The highest BCUT2D eigenvalue weighted by molar-refractivity contribution is 7.80. The Morgan fingerprint density at radius 3 is 2.36 bits per heavy atom. The molecule has 0 aliphatic carbocycles. The molecule has 0 spiro atoms. The van der Waals surface area contributed by atoms with Gasteiger partial charge in [-0.1, -0.05) is 58.0 Å². The van der Waals surface area contributed by atoms with Crippen LogP contribution in [-0.2, 0) is 4.74 Å². The van der Waals surface area contributed by atoms with E-state index in [-0.39, 0.29) is 5.11 Å². The minimum Gasteiger partial charge on any atom is -0.453 e. The first-order valence-electron chi connectivity index (χ1n) is 5.57. The number of methoxy groups -OCH3 is 1. The fourth-order valence-corrected chi connectivity index (χ4v) is 2.11. The first kappa shape index (κ1) is 19.7. The summed E-state index contributed by atoms with van der Waals surface area (Å²) in [5, 5.41) is 8.59. The Morgan fingerprint density at radius 2 is 1.86 bits per heavy atom. The fourth-order valence-electron chi connectivity index (χ4n) is 1.25. The van der Waals surface area contributed by atoms with Crippen LogP contribution in [0.2, 0.25) is 10.0 Å². The number of nitrogens with one attached hydrogen (secondary N) is 3. The van der Waals surface area contributed by atoms with Gasteiger partial charge in [-0.25, -0.2) is 4.79 Å². The third-order valence-electron chi connectivity index (χ3n) is 2.23. The zero-order chi connectivity index (χ0) is 16.9. The smallest absolute Gasteiger partial charge is 0.408 e. The second-order valence-corrected chi connectivity index (χ2v) is 7.43. The van der Waals surface area contributed by atoms with E-state index in [1.165, 1.54) is 7.11 Å². The van der Waals surface area contributed by atoms with Gasteiger partial charge in [0.25, 0.3) is 0 Å². The van der Waals surface area contributed by atoms with Gasteiger partial charge in [0.05, 0.1) is 17.2 Å². The van der Waals surface area contributed by atoms with Crippen LogP contribution in [0.15, 0.2) is 18.2 Å². The summed E-state index contributed by atoms with van der Waals surface area (Å²) in [4.78, 5) is 11.2. The maximum Gasteiger partial charge on any atom is 0.408 e. The van der Waals surface area contributed by atoms with Gasteiger partial charge in [-0.3, -0.25) is 5.32 Å². The number of carbonyl (C=O) groups is 1. The molecule has 0 aliphatic heterocycles. The van der Waals surface area contributed by atoms with E-state index < -0.39 is 16.1 Å². The lowest BCUT2D eigenvalue weighted by Crippen LogP contribution is -2.56. The average Bonchev–Trinajstić information content (AvgIpc) is 2.41. The number of thiocarbonyl (C=S) groups is 1. The normalized spacial score (nSPS) is 12.3. The van der Waals surface area contributed by atoms with Gasteiger partial charge in [-0.2, -0.15) is 0 Å². The number of alkyl carbamates (subject to hydrolysis) is 1. The van der Waals surface area contributed by atoms with Crippen LogP contribution >= 0.6 is 70.2 Å². The largest absolute Gasteiger partial charge is 0.453 e. The molecule has 5 nitrogen and oxygen atoms in total. The highest BCUT2D eigenvalue weighted by Gasteiger charge is 2.35. The lowest BCUT2D eigenvalue weighted by molar-refractivity contribution is 0.166. The van der Waals surface area contributed by atoms with Crippen molar-refractivity contribution in [3.05, 3.63) is 28.2 Å². The van der Waals surface area contributed by atoms with Crippen molar-refractivity contribution in [2.24, 2.45) is 0 Å². The van der Waals surface area contributed by atoms with E-state index in [2.05, 4.69) is 20.7 Å². The molecule has 0 saturated heterocycles. The van der Waals surface area contributed by atoms with E-state index in [1.807, 2.05) is 0 Å². The molecule has 0 bridgehead atoms. The second-order valence-electron chi connectivity index (χ2n) is 3.84. The molecule has 0 radical (unpaired) electrons. The van der Waals surface area contributed by atoms with Crippen molar-refractivity contribution < 1.29 is 9.53 Å². The summed E-state index contributed by atoms with van der Waals surface area (Å²) in [5.74, 6) is 0. The van der Waals surface area contributed by atoms with Crippen LogP contribution in [0, 0.1) is 0 Å². The van der Waals surface area contributed by atoms with Crippen LogP contribution in [0.4, 0.5) is 10.5 Å². The van der Waals surface area contributed by atoms with Crippen molar-refractivity contribution in [2.45, 2.75) is 9.96 Å². The average molecular weight is 426 g/mol. The quantitative estimate of drug-likeness (QED) is 0.382. The first-order chi connectivity index (χ1) is 10.1. The number of amides is 1. The predicted molar refractivity (Wildman–Crippen MR) is 95.4 cm³/mol. The summed E-state index contributed by atoms with van der Waals surface area (Å²) in [5.41, 5.74) is 0.563.